The van der Waals surface area contributed by atoms with E-state index in [1.807, 2.05) is 48.6 Å². The fourth-order valence-corrected chi connectivity index (χ4v) is 9.41. The zero-order valence-electron chi connectivity index (χ0n) is 25.1. The third-order valence-electron chi connectivity index (χ3n) is 9.38. The molecule has 1 N–H and O–H groups in total. The van der Waals surface area contributed by atoms with Gasteiger partial charge in [0.15, 0.2) is 15.5 Å². The molecule has 0 saturated carbocycles. The molecule has 1 fully saturated rings. The molecule has 1 saturated heterocycles. The van der Waals surface area contributed by atoms with E-state index >= 15 is 0 Å². The van der Waals surface area contributed by atoms with Crippen molar-refractivity contribution >= 4 is 31.5 Å². The van der Waals surface area contributed by atoms with E-state index in [9.17, 15) is 25.9 Å². The average molecular weight is 637 g/mol. The number of rotatable bonds is 8. The Morgan fingerprint density at radius 2 is 1.60 bits per heavy atom. The van der Waals surface area contributed by atoms with Crippen LogP contribution in [-0.2, 0) is 31.1 Å². The van der Waals surface area contributed by atoms with Gasteiger partial charge in [-0.1, -0.05) is 68.5 Å². The number of hydrogen-bond donors (Lipinski definition) is 1. The molecule has 2 atom stereocenters. The summed E-state index contributed by atoms with van der Waals surface area (Å²) in [5, 5.41) is -1.06. The van der Waals surface area contributed by atoms with Crippen molar-refractivity contribution in [1.29, 1.82) is 0 Å². The van der Waals surface area contributed by atoms with E-state index in [4.69, 9.17) is 0 Å². The predicted molar refractivity (Wildman–Crippen MR) is 163 cm³/mol. The zero-order valence-corrected chi connectivity index (χ0v) is 29.9. The Bertz CT molecular complexity index is 1690. The second-order valence-electron chi connectivity index (χ2n) is 12.5. The van der Waals surface area contributed by atoms with Crippen molar-refractivity contribution in [3.8, 4) is 0 Å². The van der Waals surface area contributed by atoms with Crippen molar-refractivity contribution in [2.75, 3.05) is 12.3 Å². The van der Waals surface area contributed by atoms with Crippen LogP contribution in [0, 0.1) is 0 Å². The molecule has 0 radical (unpaired) electrons. The van der Waals surface area contributed by atoms with Gasteiger partial charge in [0.05, 0.1) is 17.7 Å². The summed E-state index contributed by atoms with van der Waals surface area (Å²) in [5.41, 5.74) is 6.69. The summed E-state index contributed by atoms with van der Waals surface area (Å²) in [7, 11) is -8.57. The molecule has 0 bridgehead atoms. The van der Waals surface area contributed by atoms with Gasteiger partial charge in [-0.2, -0.15) is 8.42 Å². The van der Waals surface area contributed by atoms with Gasteiger partial charge in [0.25, 0.3) is 10.1 Å². The molecular weight excluding hydrogens is 598 g/mol. The van der Waals surface area contributed by atoms with Crippen molar-refractivity contribution in [3.05, 3.63) is 94.7 Å². The smallest absolute Gasteiger partial charge is 0.743 e. The van der Waals surface area contributed by atoms with E-state index in [0.717, 1.165) is 33.7 Å². The van der Waals surface area contributed by atoms with Gasteiger partial charge in [0, 0.05) is 23.8 Å². The number of nitrogens with zero attached hydrogens (tertiary/aromatic N) is 1. The minimum Gasteiger partial charge on any atom is -0.743 e. The summed E-state index contributed by atoms with van der Waals surface area (Å²) < 4.78 is 69.6. The summed E-state index contributed by atoms with van der Waals surface area (Å²) in [6, 6.07) is 16.1. The number of quaternary nitrogens is 1. The molecule has 0 amide bonds. The summed E-state index contributed by atoms with van der Waals surface area (Å²) in [6.07, 6.45) is 8.74. The van der Waals surface area contributed by atoms with E-state index in [2.05, 4.69) is 45.9 Å². The second-order valence-corrected chi connectivity index (χ2v) is 15.6. The van der Waals surface area contributed by atoms with E-state index < -0.39 is 31.0 Å². The van der Waals surface area contributed by atoms with E-state index in [-0.39, 0.29) is 67.0 Å². The predicted octanol–water partition coefficient (Wildman–Crippen LogP) is 3.20. The van der Waals surface area contributed by atoms with Crippen LogP contribution < -0.4 is 55.9 Å². The molecule has 2 aromatic rings. The van der Waals surface area contributed by atoms with Gasteiger partial charge in [-0.3, -0.25) is 4.55 Å². The van der Waals surface area contributed by atoms with Gasteiger partial charge in [-0.05, 0) is 67.5 Å². The van der Waals surface area contributed by atoms with Crippen molar-refractivity contribution < 1.29 is 77.3 Å². The molecule has 5 rings (SSSR count). The first-order valence-electron chi connectivity index (χ1n) is 14.2. The Morgan fingerprint density at radius 3 is 2.26 bits per heavy atom. The minimum absolute atomic E-state index is 0. The Balaban J connectivity index is 0.00000405. The molecule has 0 aromatic heterocycles. The number of para-hydroxylation sites is 1. The maximum atomic E-state index is 12.6. The summed E-state index contributed by atoms with van der Waals surface area (Å²) in [5.74, 6) is -0.262. The molecule has 220 valence electrons. The van der Waals surface area contributed by atoms with E-state index in [0.29, 0.717) is 38.6 Å². The monoisotopic (exact) mass is 636 g/mol. The maximum absolute atomic E-state index is 12.6. The van der Waals surface area contributed by atoms with E-state index in [1.54, 1.807) is 0 Å². The van der Waals surface area contributed by atoms with Gasteiger partial charge >= 0.3 is 51.4 Å². The van der Waals surface area contributed by atoms with Crippen LogP contribution in [0.4, 0.5) is 5.69 Å². The standard InChI is InChI=1S/C32H39NO6S2.K/c1-31(2)25-15-6-5-13-23(25)24(14-9-10-22-40(34,35)36)26(31)17-11-19-29-32(3,4)27-16-7-8-18-28(27)33(29)21-12-20-30(33)41(37,38)39;/h5-8,11,13,15-19,30H,9-10,12,14,20-22H2,1-4H3,(H-,34,35,36,37,38,39);/q;+1/b17-11?,29-19+;. The number of benzene rings is 2. The topological polar surface area (TPSA) is 112 Å². The van der Waals surface area contributed by atoms with Crippen LogP contribution in [0.25, 0.3) is 5.57 Å². The van der Waals surface area contributed by atoms with Gasteiger partial charge in [-0.25, -0.2) is 12.9 Å². The Labute approximate surface area is 293 Å². The largest absolute Gasteiger partial charge is 1.00 e. The van der Waals surface area contributed by atoms with Crippen LogP contribution in [0.2, 0.25) is 0 Å². The Kier molecular flexibility index (Phi) is 9.79. The van der Waals surface area contributed by atoms with Crippen molar-refractivity contribution in [1.82, 2.24) is 4.48 Å². The number of unbranched alkanes of at least 4 members (excludes halogenated alkanes) is 1. The summed E-state index contributed by atoms with van der Waals surface area (Å²) >= 11 is 0. The Hall–Kier alpha value is -0.924. The molecule has 2 heterocycles. The molecular formula is C32H39KNO6S2+. The molecule has 2 aromatic carbocycles. The molecule has 3 aliphatic rings. The number of allylic oxidation sites excluding steroid dienone is 6. The number of hydrogen-bond acceptors (Lipinski definition) is 5. The van der Waals surface area contributed by atoms with Crippen LogP contribution in [-0.4, -0.2) is 43.6 Å². The molecule has 42 heavy (non-hydrogen) atoms. The first-order chi connectivity index (χ1) is 19.1. The molecule has 7 nitrogen and oxygen atoms in total. The molecule has 1 aliphatic carbocycles. The van der Waals surface area contributed by atoms with E-state index in [1.165, 1.54) is 5.56 Å². The van der Waals surface area contributed by atoms with Gasteiger partial charge in [-0.15, -0.1) is 0 Å². The first kappa shape index (κ1) is 34.0. The third kappa shape index (κ3) is 5.89. The maximum Gasteiger partial charge on any atom is 1.00 e. The number of fused-ring (bicyclic) bond motifs is 3. The van der Waals surface area contributed by atoms with Crippen molar-refractivity contribution in [2.24, 2.45) is 0 Å². The van der Waals surface area contributed by atoms with Crippen LogP contribution in [0.5, 0.6) is 0 Å². The van der Waals surface area contributed by atoms with Crippen LogP contribution in [0.1, 0.15) is 76.5 Å². The van der Waals surface area contributed by atoms with Gasteiger partial charge < -0.3 is 4.55 Å². The van der Waals surface area contributed by atoms with Crippen molar-refractivity contribution in [3.63, 3.8) is 0 Å². The molecule has 2 aliphatic heterocycles. The molecule has 10 heteroatoms. The summed E-state index contributed by atoms with van der Waals surface area (Å²) in [6.45, 7) is 9.10. The SMILES string of the molecule is CC1(C)C(C=C/C=C2\C(C)(C)c3ccccc3[N+]23CCCC3S(=O)(=O)[O-])=C(CCCCS(=O)(=O)O)c2ccccc21.[K+]. The first-order valence-corrected chi connectivity index (χ1v) is 17.3. The molecule has 2 unspecified atom stereocenters. The van der Waals surface area contributed by atoms with Gasteiger partial charge in [0.2, 0.25) is 0 Å². The zero-order chi connectivity index (χ0) is 29.8. The van der Waals surface area contributed by atoms with Crippen molar-refractivity contribution in [2.45, 2.75) is 76.0 Å². The normalized spacial score (nSPS) is 25.3. The average Bonchev–Trinajstić information content (AvgIpc) is 3.48. The fraction of sp³-hybridized carbons (Fsp3) is 0.438. The van der Waals surface area contributed by atoms with Crippen LogP contribution in [0.3, 0.4) is 0 Å². The van der Waals surface area contributed by atoms with Crippen LogP contribution >= 0.6 is 0 Å². The minimum atomic E-state index is -4.56. The van der Waals surface area contributed by atoms with Gasteiger partial charge in [0.1, 0.15) is 11.4 Å². The Morgan fingerprint density at radius 1 is 0.952 bits per heavy atom. The second kappa shape index (κ2) is 12.1. The third-order valence-corrected chi connectivity index (χ3v) is 11.5. The van der Waals surface area contributed by atoms with Crippen LogP contribution in [0.15, 0.2) is 78.0 Å². The molecule has 1 spiro atoms. The quantitative estimate of drug-likeness (QED) is 0.206. The fourth-order valence-electron chi connectivity index (χ4n) is 7.61. The summed E-state index contributed by atoms with van der Waals surface area (Å²) in [4.78, 5) is 0.